The summed E-state index contributed by atoms with van der Waals surface area (Å²) >= 11 is 5.75. The number of hydrogen-bond donors (Lipinski definition) is 3. The lowest BCUT2D eigenvalue weighted by Gasteiger charge is -2.08. The summed E-state index contributed by atoms with van der Waals surface area (Å²) in [5.41, 5.74) is 0.892. The van der Waals surface area contributed by atoms with Crippen molar-refractivity contribution in [2.75, 3.05) is 5.32 Å². The monoisotopic (exact) mass is 305 g/mol. The first-order valence-corrected chi connectivity index (χ1v) is 6.40. The van der Waals surface area contributed by atoms with Crippen LogP contribution < -0.4 is 10.6 Å². The van der Waals surface area contributed by atoms with Crippen LogP contribution in [0.4, 0.5) is 5.69 Å². The van der Waals surface area contributed by atoms with E-state index in [1.807, 2.05) is 0 Å². The number of rotatable bonds is 3. The molecule has 0 atom stereocenters. The molecular weight excluding hydrogens is 294 g/mol. The normalized spacial score (nSPS) is 9.95. The lowest BCUT2D eigenvalue weighted by atomic mass is 10.2. The zero-order chi connectivity index (χ0) is 15.2. The molecule has 0 aliphatic rings. The van der Waals surface area contributed by atoms with Crippen molar-refractivity contribution in [2.24, 2.45) is 0 Å². The highest BCUT2D eigenvalue weighted by atomic mass is 35.5. The molecule has 0 fully saturated rings. The fraction of sp³-hybridized carbons (Fsp3) is 0.0714. The highest BCUT2D eigenvalue weighted by molar-refractivity contribution is 6.40. The Morgan fingerprint density at radius 2 is 1.86 bits per heavy atom. The fourth-order valence-electron chi connectivity index (χ4n) is 1.55. The molecule has 0 aliphatic heterocycles. The van der Waals surface area contributed by atoms with Gasteiger partial charge in [0.15, 0.2) is 0 Å². The van der Waals surface area contributed by atoms with Crippen molar-refractivity contribution < 1.29 is 14.7 Å². The number of halogens is 1. The summed E-state index contributed by atoms with van der Waals surface area (Å²) in [6, 6.07) is 7.59. The van der Waals surface area contributed by atoms with Crippen LogP contribution in [0.5, 0.6) is 5.75 Å². The van der Waals surface area contributed by atoms with Gasteiger partial charge in [-0.2, -0.15) is 0 Å². The molecule has 1 heterocycles. The molecular formula is C14H12ClN3O3. The maximum absolute atomic E-state index is 11.7. The van der Waals surface area contributed by atoms with Crippen molar-refractivity contribution >= 4 is 29.1 Å². The summed E-state index contributed by atoms with van der Waals surface area (Å²) < 4.78 is 0. The van der Waals surface area contributed by atoms with Crippen LogP contribution in [0.2, 0.25) is 5.02 Å². The second-order valence-electron chi connectivity index (χ2n) is 4.15. The molecule has 0 saturated carbocycles. The number of benzene rings is 1. The number of nitrogens with one attached hydrogen (secondary N) is 2. The molecule has 21 heavy (non-hydrogen) atoms. The van der Waals surface area contributed by atoms with Gasteiger partial charge in [0.1, 0.15) is 5.75 Å². The second kappa shape index (κ2) is 6.71. The minimum Gasteiger partial charge on any atom is -0.506 e. The number of carbonyl (C=O) groups excluding carboxylic acids is 2. The molecule has 6 nitrogen and oxygen atoms in total. The third kappa shape index (κ3) is 4.19. The zero-order valence-corrected chi connectivity index (χ0v) is 11.6. The average Bonchev–Trinajstić information content (AvgIpc) is 2.49. The van der Waals surface area contributed by atoms with Crippen molar-refractivity contribution in [3.05, 3.63) is 53.3 Å². The van der Waals surface area contributed by atoms with Crippen LogP contribution in [0.15, 0.2) is 42.7 Å². The van der Waals surface area contributed by atoms with Crippen molar-refractivity contribution in [3.63, 3.8) is 0 Å². The molecule has 1 aromatic carbocycles. The van der Waals surface area contributed by atoms with E-state index in [1.54, 1.807) is 24.5 Å². The van der Waals surface area contributed by atoms with Gasteiger partial charge in [-0.05, 0) is 35.9 Å². The first kappa shape index (κ1) is 14.8. The summed E-state index contributed by atoms with van der Waals surface area (Å²) in [5.74, 6) is -1.87. The Labute approximate surface area is 125 Å². The standard InChI is InChI=1S/C14H12ClN3O3/c15-10-1-2-12(19)11(7-10)18-14(21)13(20)17-8-9-3-5-16-6-4-9/h1-7,19H,8H2,(H,17,20)(H,18,21). The highest BCUT2D eigenvalue weighted by Crippen LogP contribution is 2.26. The quantitative estimate of drug-likeness (QED) is 0.594. The number of anilines is 1. The molecule has 0 spiro atoms. The smallest absolute Gasteiger partial charge is 0.313 e. The molecule has 108 valence electrons. The number of aromatic hydroxyl groups is 1. The van der Waals surface area contributed by atoms with Crippen LogP contribution in [0.3, 0.4) is 0 Å². The Morgan fingerprint density at radius 3 is 2.57 bits per heavy atom. The highest BCUT2D eigenvalue weighted by Gasteiger charge is 2.15. The topological polar surface area (TPSA) is 91.3 Å². The molecule has 2 rings (SSSR count). The number of phenols is 1. The van der Waals surface area contributed by atoms with Crippen LogP contribution in [-0.2, 0) is 16.1 Å². The van der Waals surface area contributed by atoms with Crippen LogP contribution in [-0.4, -0.2) is 21.9 Å². The molecule has 0 bridgehead atoms. The van der Waals surface area contributed by atoms with E-state index in [4.69, 9.17) is 11.6 Å². The average molecular weight is 306 g/mol. The second-order valence-corrected chi connectivity index (χ2v) is 4.59. The minimum absolute atomic E-state index is 0.0755. The number of amides is 2. The summed E-state index contributed by atoms with van der Waals surface area (Å²) in [5, 5.41) is 14.6. The summed E-state index contributed by atoms with van der Waals surface area (Å²) in [6.07, 6.45) is 3.18. The van der Waals surface area contributed by atoms with Gasteiger partial charge in [0, 0.05) is 24.0 Å². The summed E-state index contributed by atoms with van der Waals surface area (Å²) in [4.78, 5) is 27.2. The molecule has 0 radical (unpaired) electrons. The third-order valence-electron chi connectivity index (χ3n) is 2.62. The Morgan fingerprint density at radius 1 is 1.14 bits per heavy atom. The molecule has 7 heteroatoms. The third-order valence-corrected chi connectivity index (χ3v) is 2.85. The first-order valence-electron chi connectivity index (χ1n) is 6.03. The number of hydrogen-bond acceptors (Lipinski definition) is 4. The van der Waals surface area contributed by atoms with Crippen molar-refractivity contribution in [2.45, 2.75) is 6.54 Å². The van der Waals surface area contributed by atoms with Crippen LogP contribution in [0.25, 0.3) is 0 Å². The summed E-state index contributed by atoms with van der Waals surface area (Å²) in [7, 11) is 0. The van der Waals surface area contributed by atoms with E-state index in [2.05, 4.69) is 15.6 Å². The maximum atomic E-state index is 11.7. The lowest BCUT2D eigenvalue weighted by Crippen LogP contribution is -2.34. The van der Waals surface area contributed by atoms with Gasteiger partial charge in [-0.15, -0.1) is 0 Å². The molecule has 2 aromatic rings. The SMILES string of the molecule is O=C(NCc1ccncc1)C(=O)Nc1cc(Cl)ccc1O. The van der Waals surface area contributed by atoms with Crippen LogP contribution in [0, 0.1) is 0 Å². The van der Waals surface area contributed by atoms with Crippen molar-refractivity contribution in [1.29, 1.82) is 0 Å². The van der Waals surface area contributed by atoms with Gasteiger partial charge in [-0.25, -0.2) is 0 Å². The van der Waals surface area contributed by atoms with E-state index >= 15 is 0 Å². The lowest BCUT2D eigenvalue weighted by molar-refractivity contribution is -0.136. The predicted octanol–water partition coefficient (Wildman–Crippen LogP) is 1.70. The molecule has 1 aromatic heterocycles. The van der Waals surface area contributed by atoms with E-state index < -0.39 is 11.8 Å². The van der Waals surface area contributed by atoms with Gasteiger partial charge in [0.05, 0.1) is 5.69 Å². The predicted molar refractivity (Wildman–Crippen MR) is 77.8 cm³/mol. The van der Waals surface area contributed by atoms with E-state index in [9.17, 15) is 14.7 Å². The van der Waals surface area contributed by atoms with Gasteiger partial charge in [0.25, 0.3) is 0 Å². The number of phenolic OH excluding ortho intramolecular Hbond substituents is 1. The molecule has 0 unspecified atom stereocenters. The van der Waals surface area contributed by atoms with Gasteiger partial charge < -0.3 is 15.7 Å². The Balaban J connectivity index is 1.94. The molecule has 0 saturated heterocycles. The van der Waals surface area contributed by atoms with Crippen molar-refractivity contribution in [3.8, 4) is 5.75 Å². The Hall–Kier alpha value is -2.60. The number of nitrogens with zero attached hydrogens (tertiary/aromatic N) is 1. The maximum Gasteiger partial charge on any atom is 0.313 e. The van der Waals surface area contributed by atoms with E-state index in [0.717, 1.165) is 5.56 Å². The Kier molecular flexibility index (Phi) is 4.73. The zero-order valence-electron chi connectivity index (χ0n) is 10.8. The Bertz CT molecular complexity index is 662. The van der Waals surface area contributed by atoms with Gasteiger partial charge in [-0.1, -0.05) is 11.6 Å². The summed E-state index contributed by atoms with van der Waals surface area (Å²) in [6.45, 7) is 0.205. The fourth-order valence-corrected chi connectivity index (χ4v) is 1.72. The van der Waals surface area contributed by atoms with Crippen molar-refractivity contribution in [1.82, 2.24) is 10.3 Å². The van der Waals surface area contributed by atoms with Crippen LogP contribution in [0.1, 0.15) is 5.56 Å². The minimum atomic E-state index is -0.887. The largest absolute Gasteiger partial charge is 0.506 e. The van der Waals surface area contributed by atoms with Crippen LogP contribution >= 0.6 is 11.6 Å². The molecule has 2 amide bonds. The van der Waals surface area contributed by atoms with Gasteiger partial charge in [-0.3, -0.25) is 14.6 Å². The first-order chi connectivity index (χ1) is 10.1. The molecule has 3 N–H and O–H groups in total. The number of aromatic nitrogens is 1. The van der Waals surface area contributed by atoms with E-state index in [0.29, 0.717) is 5.02 Å². The van der Waals surface area contributed by atoms with E-state index in [1.165, 1.54) is 18.2 Å². The number of pyridine rings is 1. The van der Waals surface area contributed by atoms with Gasteiger partial charge >= 0.3 is 11.8 Å². The van der Waals surface area contributed by atoms with E-state index in [-0.39, 0.29) is 18.0 Å². The van der Waals surface area contributed by atoms with Gasteiger partial charge in [0.2, 0.25) is 0 Å². The number of carbonyl (C=O) groups is 2. The molecule has 0 aliphatic carbocycles.